The van der Waals surface area contributed by atoms with Crippen molar-refractivity contribution in [1.29, 1.82) is 0 Å². The average molecular weight is 165 g/mol. The topological polar surface area (TPSA) is 47.0 Å². The molecule has 0 spiro atoms. The van der Waals surface area contributed by atoms with Gasteiger partial charge in [0.15, 0.2) is 11.9 Å². The molecule has 2 N–H and O–H groups in total. The Bertz CT molecular complexity index is 307. The van der Waals surface area contributed by atoms with Crippen LogP contribution in [0.15, 0.2) is 18.3 Å². The lowest BCUT2D eigenvalue weighted by atomic mass is 10.2. The van der Waals surface area contributed by atoms with Crippen LogP contribution < -0.4 is 10.3 Å². The van der Waals surface area contributed by atoms with E-state index in [1.54, 1.807) is 0 Å². The van der Waals surface area contributed by atoms with Gasteiger partial charge in [0.1, 0.15) is 0 Å². The van der Waals surface area contributed by atoms with Gasteiger partial charge in [-0.1, -0.05) is 0 Å². The van der Waals surface area contributed by atoms with Crippen LogP contribution in [0.1, 0.15) is 11.3 Å². The Morgan fingerprint density at radius 3 is 2.83 bits per heavy atom. The smallest absolute Gasteiger partial charge is 0.283 e. The molecule has 64 valence electrons. The summed E-state index contributed by atoms with van der Waals surface area (Å²) in [6.45, 7) is 4.23. The van der Waals surface area contributed by atoms with E-state index in [2.05, 4.69) is 0 Å². The third kappa shape index (κ3) is 1.81. The first-order valence-electron chi connectivity index (χ1n) is 3.85. The van der Waals surface area contributed by atoms with E-state index in [0.29, 0.717) is 0 Å². The van der Waals surface area contributed by atoms with Crippen LogP contribution in [0.3, 0.4) is 0 Å². The van der Waals surface area contributed by atoms with Crippen LogP contribution in [0.5, 0.6) is 0 Å². The summed E-state index contributed by atoms with van der Waals surface area (Å²) in [5.41, 5.74) is 7.33. The van der Waals surface area contributed by atoms with Gasteiger partial charge in [0, 0.05) is 18.6 Å². The summed E-state index contributed by atoms with van der Waals surface area (Å²) in [5.74, 6) is -0.311. The van der Waals surface area contributed by atoms with Crippen molar-refractivity contribution in [3.05, 3.63) is 29.6 Å². The highest BCUT2D eigenvalue weighted by atomic mass is 16.1. The number of hydrogen-bond donors (Lipinski definition) is 1. The second-order valence-electron chi connectivity index (χ2n) is 2.87. The molecule has 1 heterocycles. The minimum absolute atomic E-state index is 0.257. The minimum Gasteiger partial charge on any atom is -0.364 e. The third-order valence-electron chi connectivity index (χ3n) is 1.94. The van der Waals surface area contributed by atoms with Crippen LogP contribution in [0.2, 0.25) is 0 Å². The number of carbonyl (C=O) groups is 1. The zero-order chi connectivity index (χ0) is 9.14. The lowest BCUT2D eigenvalue weighted by molar-refractivity contribution is -0.690. The maximum Gasteiger partial charge on any atom is 0.283 e. The summed E-state index contributed by atoms with van der Waals surface area (Å²) in [6, 6.07) is 3.91. The molecule has 1 aromatic heterocycles. The van der Waals surface area contributed by atoms with Gasteiger partial charge in [-0.05, 0) is 13.0 Å². The highest BCUT2D eigenvalue weighted by molar-refractivity contribution is 5.72. The molecular formula is C9H13N2O+. The summed E-state index contributed by atoms with van der Waals surface area (Å²) in [6.07, 6.45) is 1.85. The van der Waals surface area contributed by atoms with Crippen LogP contribution in [0.25, 0.3) is 0 Å². The second-order valence-corrected chi connectivity index (χ2v) is 2.87. The van der Waals surface area contributed by atoms with Gasteiger partial charge in [0.05, 0.1) is 0 Å². The molecule has 0 aliphatic carbocycles. The number of nitrogens with two attached hydrogens (primary N) is 1. The maximum atomic E-state index is 10.6. The van der Waals surface area contributed by atoms with Crippen LogP contribution in [0.4, 0.5) is 0 Å². The predicted octanol–water partition coefficient (Wildman–Crippen LogP) is 0.0762. The van der Waals surface area contributed by atoms with Crippen molar-refractivity contribution in [1.82, 2.24) is 0 Å². The number of primary amides is 1. The molecule has 0 bridgehead atoms. The molecule has 0 radical (unpaired) electrons. The standard InChI is InChI=1S/C9H12N2O/c1-7-4-3-5-11(8(7)2)6-9(10)12/h3-5H,6H2,1-2H3,(H-,10,12)/p+1. The maximum absolute atomic E-state index is 10.6. The van der Waals surface area contributed by atoms with Crippen LogP contribution in [0, 0.1) is 13.8 Å². The van der Waals surface area contributed by atoms with Crippen molar-refractivity contribution in [3.63, 3.8) is 0 Å². The lowest BCUT2D eigenvalue weighted by Gasteiger charge is -1.99. The number of nitrogens with zero attached hydrogens (tertiary/aromatic N) is 1. The molecule has 0 saturated heterocycles. The van der Waals surface area contributed by atoms with Crippen molar-refractivity contribution in [2.24, 2.45) is 5.73 Å². The van der Waals surface area contributed by atoms with Gasteiger partial charge in [0.2, 0.25) is 6.54 Å². The number of hydrogen-bond acceptors (Lipinski definition) is 1. The first-order valence-corrected chi connectivity index (χ1v) is 3.85. The Hall–Kier alpha value is -1.38. The quantitative estimate of drug-likeness (QED) is 0.620. The van der Waals surface area contributed by atoms with Gasteiger partial charge in [-0.3, -0.25) is 4.79 Å². The summed E-state index contributed by atoms with van der Waals surface area (Å²) >= 11 is 0. The molecule has 1 amide bonds. The molecule has 0 atom stereocenters. The fourth-order valence-electron chi connectivity index (χ4n) is 1.09. The minimum atomic E-state index is -0.311. The van der Waals surface area contributed by atoms with Crippen LogP contribution >= 0.6 is 0 Å². The summed E-state index contributed by atoms with van der Waals surface area (Å²) < 4.78 is 1.84. The average Bonchev–Trinajstić information content (AvgIpc) is 1.98. The highest BCUT2D eigenvalue weighted by Crippen LogP contribution is 1.97. The molecule has 0 aliphatic heterocycles. The second kappa shape index (κ2) is 3.34. The van der Waals surface area contributed by atoms with Crippen molar-refractivity contribution >= 4 is 5.91 Å². The van der Waals surface area contributed by atoms with Gasteiger partial charge >= 0.3 is 0 Å². The monoisotopic (exact) mass is 165 g/mol. The largest absolute Gasteiger partial charge is 0.364 e. The van der Waals surface area contributed by atoms with E-state index in [1.807, 2.05) is 36.7 Å². The molecule has 0 unspecified atom stereocenters. The third-order valence-corrected chi connectivity index (χ3v) is 1.94. The molecule has 0 aliphatic rings. The molecule has 12 heavy (non-hydrogen) atoms. The van der Waals surface area contributed by atoms with E-state index in [-0.39, 0.29) is 12.5 Å². The molecule has 1 aromatic rings. The van der Waals surface area contributed by atoms with Crippen LogP contribution in [-0.4, -0.2) is 5.91 Å². The zero-order valence-corrected chi connectivity index (χ0v) is 7.37. The Labute approximate surface area is 71.8 Å². The highest BCUT2D eigenvalue weighted by Gasteiger charge is 2.09. The van der Waals surface area contributed by atoms with E-state index in [1.165, 1.54) is 5.56 Å². The molecule has 1 rings (SSSR count). The molecule has 0 saturated carbocycles. The van der Waals surface area contributed by atoms with Gasteiger partial charge < -0.3 is 5.73 Å². The van der Waals surface area contributed by atoms with Crippen LogP contribution in [-0.2, 0) is 11.3 Å². The fraction of sp³-hybridized carbons (Fsp3) is 0.333. The van der Waals surface area contributed by atoms with Gasteiger partial charge in [0.25, 0.3) is 5.91 Å². The Morgan fingerprint density at radius 1 is 1.58 bits per heavy atom. The van der Waals surface area contributed by atoms with Crippen molar-refractivity contribution in [2.45, 2.75) is 20.4 Å². The van der Waals surface area contributed by atoms with E-state index in [4.69, 9.17) is 5.73 Å². The van der Waals surface area contributed by atoms with Gasteiger partial charge in [-0.25, -0.2) is 0 Å². The van der Waals surface area contributed by atoms with Gasteiger partial charge in [-0.15, -0.1) is 0 Å². The molecule has 3 heteroatoms. The lowest BCUT2D eigenvalue weighted by Crippen LogP contribution is -2.43. The Balaban J connectivity index is 3.00. The number of pyridine rings is 1. The van der Waals surface area contributed by atoms with E-state index in [0.717, 1.165) is 5.69 Å². The number of rotatable bonds is 2. The van der Waals surface area contributed by atoms with Gasteiger partial charge in [-0.2, -0.15) is 4.57 Å². The molecule has 3 nitrogen and oxygen atoms in total. The van der Waals surface area contributed by atoms with Crippen molar-refractivity contribution in [2.75, 3.05) is 0 Å². The molecule has 0 aromatic carbocycles. The first kappa shape index (κ1) is 8.71. The zero-order valence-electron chi connectivity index (χ0n) is 7.37. The summed E-state index contributed by atoms with van der Waals surface area (Å²) in [7, 11) is 0. The van der Waals surface area contributed by atoms with Crippen molar-refractivity contribution in [3.8, 4) is 0 Å². The van der Waals surface area contributed by atoms with E-state index < -0.39 is 0 Å². The Kier molecular flexibility index (Phi) is 2.43. The Morgan fingerprint density at radius 2 is 2.25 bits per heavy atom. The normalized spacial score (nSPS) is 9.83. The summed E-state index contributed by atoms with van der Waals surface area (Å²) in [4.78, 5) is 10.6. The predicted molar refractivity (Wildman–Crippen MR) is 45.3 cm³/mol. The number of aromatic nitrogens is 1. The number of aryl methyl sites for hydroxylation is 1. The summed E-state index contributed by atoms with van der Waals surface area (Å²) in [5, 5.41) is 0. The SMILES string of the molecule is Cc1ccc[n+](CC(N)=O)c1C. The van der Waals surface area contributed by atoms with E-state index >= 15 is 0 Å². The molecule has 0 fully saturated rings. The number of carbonyl (C=O) groups excluding carboxylic acids is 1. The van der Waals surface area contributed by atoms with Crippen molar-refractivity contribution < 1.29 is 9.36 Å². The first-order chi connectivity index (χ1) is 5.61. The fourth-order valence-corrected chi connectivity index (χ4v) is 1.09. The van der Waals surface area contributed by atoms with E-state index in [9.17, 15) is 4.79 Å². The molecular weight excluding hydrogens is 152 g/mol. The number of amides is 1.